The molecule has 1 N–H and O–H groups in total. The molecule has 0 aromatic heterocycles. The van der Waals surface area contributed by atoms with Gasteiger partial charge in [0.05, 0.1) is 10.6 Å². The number of rotatable bonds is 9. The Kier molecular flexibility index (Phi) is 8.94. The molecule has 0 saturated heterocycles. The van der Waals surface area contributed by atoms with Gasteiger partial charge in [-0.05, 0) is 74.4 Å². The second-order valence-corrected chi connectivity index (χ2v) is 10.9. The zero-order chi connectivity index (χ0) is 27.3. The molecule has 0 radical (unpaired) electrons. The van der Waals surface area contributed by atoms with E-state index in [1.807, 2.05) is 13.8 Å². The van der Waals surface area contributed by atoms with E-state index in [2.05, 4.69) is 5.32 Å². The third-order valence-corrected chi connectivity index (χ3v) is 8.21. The van der Waals surface area contributed by atoms with Crippen LogP contribution in [0, 0.1) is 19.7 Å². The fourth-order valence-corrected chi connectivity index (χ4v) is 5.28. The average molecular weight is 546 g/mol. The van der Waals surface area contributed by atoms with Crippen molar-refractivity contribution < 1.29 is 22.4 Å². The van der Waals surface area contributed by atoms with E-state index in [1.54, 1.807) is 24.3 Å². The summed E-state index contributed by atoms with van der Waals surface area (Å²) in [4.78, 5) is 27.3. The molecule has 0 unspecified atom stereocenters. The topological polar surface area (TPSA) is 86.8 Å². The molecule has 0 bridgehead atoms. The highest BCUT2D eigenvalue weighted by atomic mass is 35.5. The Bertz CT molecular complexity index is 1400. The number of hydrogen-bond donors (Lipinski definition) is 1. The number of hydrogen-bond acceptors (Lipinski definition) is 4. The molecule has 0 aliphatic carbocycles. The summed E-state index contributed by atoms with van der Waals surface area (Å²) in [5, 5.41) is 2.85. The van der Waals surface area contributed by atoms with Gasteiger partial charge in [-0.15, -0.1) is 0 Å². The van der Waals surface area contributed by atoms with Gasteiger partial charge in [0.2, 0.25) is 11.8 Å². The summed E-state index contributed by atoms with van der Waals surface area (Å²) in [7, 11) is -2.78. The zero-order valence-electron chi connectivity index (χ0n) is 21.0. The molecule has 0 fully saturated rings. The predicted octanol–water partition coefficient (Wildman–Crippen LogP) is 4.45. The summed E-state index contributed by atoms with van der Waals surface area (Å²) in [5.41, 5.74) is 2.27. The van der Waals surface area contributed by atoms with E-state index in [0.717, 1.165) is 15.4 Å². The van der Waals surface area contributed by atoms with Crippen molar-refractivity contribution in [3.05, 3.63) is 94.3 Å². The van der Waals surface area contributed by atoms with Crippen molar-refractivity contribution >= 4 is 39.1 Å². The van der Waals surface area contributed by atoms with Crippen molar-refractivity contribution in [2.24, 2.45) is 0 Å². The van der Waals surface area contributed by atoms with Gasteiger partial charge >= 0.3 is 0 Å². The number of anilines is 1. The maximum Gasteiger partial charge on any atom is 0.264 e. The van der Waals surface area contributed by atoms with Crippen LogP contribution in [-0.4, -0.2) is 44.8 Å². The van der Waals surface area contributed by atoms with Crippen molar-refractivity contribution in [1.82, 2.24) is 10.2 Å². The molecule has 0 aliphatic rings. The first-order valence-corrected chi connectivity index (χ1v) is 13.4. The van der Waals surface area contributed by atoms with Crippen LogP contribution in [0.15, 0.2) is 71.6 Å². The van der Waals surface area contributed by atoms with Crippen LogP contribution in [0.5, 0.6) is 0 Å². The molecule has 3 aromatic carbocycles. The number of nitrogens with one attached hydrogen (secondary N) is 1. The molecule has 1 atom stereocenters. The van der Waals surface area contributed by atoms with Crippen LogP contribution < -0.4 is 9.62 Å². The lowest BCUT2D eigenvalue weighted by Gasteiger charge is -2.32. The maximum atomic E-state index is 14.5. The number of carbonyl (C=O) groups excluding carboxylic acids is 2. The molecule has 0 heterocycles. The van der Waals surface area contributed by atoms with Crippen LogP contribution in [0.3, 0.4) is 0 Å². The fraction of sp³-hybridized carbons (Fsp3) is 0.259. The Hall–Kier alpha value is -3.43. The smallest absolute Gasteiger partial charge is 0.264 e. The van der Waals surface area contributed by atoms with E-state index >= 15 is 0 Å². The van der Waals surface area contributed by atoms with Crippen LogP contribution in [0.2, 0.25) is 5.02 Å². The monoisotopic (exact) mass is 545 g/mol. The highest BCUT2D eigenvalue weighted by Gasteiger charge is 2.32. The summed E-state index contributed by atoms with van der Waals surface area (Å²) >= 11 is 5.95. The summed E-state index contributed by atoms with van der Waals surface area (Å²) < 4.78 is 42.9. The number of likely N-dealkylation sites (N-methyl/N-ethyl adjacent to an activating group) is 1. The van der Waals surface area contributed by atoms with E-state index in [9.17, 15) is 22.4 Å². The molecule has 37 heavy (non-hydrogen) atoms. The first kappa shape index (κ1) is 28.1. The molecular weight excluding hydrogens is 517 g/mol. The number of halogens is 2. The molecule has 3 rings (SSSR count). The van der Waals surface area contributed by atoms with Gasteiger partial charge in [0.25, 0.3) is 10.0 Å². The second kappa shape index (κ2) is 11.7. The summed E-state index contributed by atoms with van der Waals surface area (Å²) in [6, 6.07) is 15.6. The third kappa shape index (κ3) is 6.47. The minimum atomic E-state index is -4.21. The van der Waals surface area contributed by atoms with Crippen molar-refractivity contribution in [2.75, 3.05) is 17.9 Å². The van der Waals surface area contributed by atoms with Gasteiger partial charge in [-0.2, -0.15) is 0 Å². The fourth-order valence-electron chi connectivity index (χ4n) is 3.74. The molecule has 0 spiro atoms. The van der Waals surface area contributed by atoms with Crippen LogP contribution in [-0.2, 0) is 26.2 Å². The SMILES string of the molecule is CNC(=O)[C@@H](C)N(Cc1ccccc1F)C(=O)CN(c1ccc(C)c(C)c1)S(=O)(=O)c1ccc(Cl)cc1. The Balaban J connectivity index is 2.07. The van der Waals surface area contributed by atoms with Crippen molar-refractivity contribution in [3.63, 3.8) is 0 Å². The van der Waals surface area contributed by atoms with Gasteiger partial charge in [0, 0.05) is 24.2 Å². The highest BCUT2D eigenvalue weighted by Crippen LogP contribution is 2.27. The quantitative estimate of drug-likeness (QED) is 0.430. The van der Waals surface area contributed by atoms with E-state index in [0.29, 0.717) is 5.02 Å². The molecule has 7 nitrogen and oxygen atoms in total. The van der Waals surface area contributed by atoms with E-state index < -0.39 is 40.2 Å². The van der Waals surface area contributed by atoms with Crippen molar-refractivity contribution in [3.8, 4) is 0 Å². The Labute approximate surface area is 221 Å². The van der Waals surface area contributed by atoms with Crippen LogP contribution in [0.4, 0.5) is 10.1 Å². The largest absolute Gasteiger partial charge is 0.357 e. The minimum Gasteiger partial charge on any atom is -0.357 e. The molecular formula is C27H29ClFN3O4S. The Morgan fingerprint density at radius 2 is 1.65 bits per heavy atom. The average Bonchev–Trinajstić information content (AvgIpc) is 2.87. The summed E-state index contributed by atoms with van der Waals surface area (Å²) in [6.07, 6.45) is 0. The molecule has 196 valence electrons. The number of aryl methyl sites for hydroxylation is 2. The molecule has 2 amide bonds. The van der Waals surface area contributed by atoms with E-state index in [1.165, 1.54) is 61.3 Å². The standard InChI is InChI=1S/C27H29ClFN3O4S/c1-18-9-12-23(15-19(18)2)32(37(35,36)24-13-10-22(28)11-14-24)17-26(33)31(20(3)27(34)30-4)16-21-7-5-6-8-25(21)29/h5-15,20H,16-17H2,1-4H3,(H,30,34)/t20-/m1/s1. The maximum absolute atomic E-state index is 14.5. The van der Waals surface area contributed by atoms with Crippen LogP contribution in [0.1, 0.15) is 23.6 Å². The molecule has 0 saturated carbocycles. The van der Waals surface area contributed by atoms with Crippen molar-refractivity contribution in [2.45, 2.75) is 38.3 Å². The van der Waals surface area contributed by atoms with Gasteiger partial charge < -0.3 is 10.2 Å². The van der Waals surface area contributed by atoms with Crippen LogP contribution >= 0.6 is 11.6 Å². The van der Waals surface area contributed by atoms with Gasteiger partial charge in [0.1, 0.15) is 18.4 Å². The highest BCUT2D eigenvalue weighted by molar-refractivity contribution is 7.92. The lowest BCUT2D eigenvalue weighted by atomic mass is 10.1. The van der Waals surface area contributed by atoms with Gasteiger partial charge in [-0.3, -0.25) is 13.9 Å². The number of sulfonamides is 1. The summed E-state index contributed by atoms with van der Waals surface area (Å²) in [5.74, 6) is -1.68. The zero-order valence-corrected chi connectivity index (χ0v) is 22.6. The Morgan fingerprint density at radius 1 is 1.00 bits per heavy atom. The van der Waals surface area contributed by atoms with Crippen molar-refractivity contribution in [1.29, 1.82) is 0 Å². The number of nitrogens with zero attached hydrogens (tertiary/aromatic N) is 2. The van der Waals surface area contributed by atoms with Gasteiger partial charge in [0.15, 0.2) is 0 Å². The lowest BCUT2D eigenvalue weighted by molar-refractivity contribution is -0.139. The number of benzene rings is 3. The van der Waals surface area contributed by atoms with Gasteiger partial charge in [-0.25, -0.2) is 12.8 Å². The Morgan fingerprint density at radius 3 is 2.24 bits per heavy atom. The van der Waals surface area contributed by atoms with Gasteiger partial charge in [-0.1, -0.05) is 35.9 Å². The first-order chi connectivity index (χ1) is 17.4. The molecule has 3 aromatic rings. The minimum absolute atomic E-state index is 0.0528. The lowest BCUT2D eigenvalue weighted by Crippen LogP contribution is -2.50. The normalized spacial score (nSPS) is 12.1. The second-order valence-electron chi connectivity index (χ2n) is 8.64. The number of amides is 2. The van der Waals surface area contributed by atoms with Crippen LogP contribution in [0.25, 0.3) is 0 Å². The first-order valence-electron chi connectivity index (χ1n) is 11.6. The summed E-state index contributed by atoms with van der Waals surface area (Å²) in [6.45, 7) is 4.41. The van der Waals surface area contributed by atoms with E-state index in [-0.39, 0.29) is 22.7 Å². The van der Waals surface area contributed by atoms with E-state index in [4.69, 9.17) is 11.6 Å². The molecule has 10 heteroatoms. The number of carbonyl (C=O) groups is 2. The third-order valence-electron chi connectivity index (χ3n) is 6.17. The molecule has 0 aliphatic heterocycles. The predicted molar refractivity (Wildman–Crippen MR) is 142 cm³/mol.